The van der Waals surface area contributed by atoms with Crippen molar-refractivity contribution >= 4 is 11.3 Å². The second-order valence-corrected chi connectivity index (χ2v) is 4.69. The van der Waals surface area contributed by atoms with E-state index < -0.39 is 0 Å². The molecule has 96 valence electrons. The van der Waals surface area contributed by atoms with Crippen molar-refractivity contribution in [3.63, 3.8) is 0 Å². The molecule has 0 aliphatic carbocycles. The Balaban J connectivity index is 2.08. The maximum Gasteiger partial charge on any atom is 0.216 e. The molecule has 2 aromatic rings. The van der Waals surface area contributed by atoms with Gasteiger partial charge in [-0.1, -0.05) is 0 Å². The molecule has 0 aliphatic heterocycles. The highest BCUT2D eigenvalue weighted by molar-refractivity contribution is 7.10. The Morgan fingerprint density at radius 3 is 2.78 bits per heavy atom. The van der Waals surface area contributed by atoms with Crippen molar-refractivity contribution in [2.75, 3.05) is 14.2 Å². The molecule has 2 N–H and O–H groups in total. The van der Waals surface area contributed by atoms with E-state index in [-0.39, 0.29) is 6.04 Å². The Hall–Kier alpha value is -1.66. The lowest BCUT2D eigenvalue weighted by Crippen LogP contribution is -2.12. The lowest BCUT2D eigenvalue weighted by atomic mass is 10.1. The summed E-state index contributed by atoms with van der Waals surface area (Å²) in [7, 11) is 3.23. The fraction of sp³-hybridized carbons (Fsp3) is 0.333. The largest absolute Gasteiger partial charge is 0.496 e. The van der Waals surface area contributed by atoms with Gasteiger partial charge in [0.2, 0.25) is 5.88 Å². The molecule has 0 aromatic carbocycles. The summed E-state index contributed by atoms with van der Waals surface area (Å²) in [5.41, 5.74) is 7.00. The van der Waals surface area contributed by atoms with Crippen molar-refractivity contribution in [3.8, 4) is 11.6 Å². The molecule has 0 fully saturated rings. The van der Waals surface area contributed by atoms with Gasteiger partial charge in [-0.3, -0.25) is 0 Å². The molecule has 6 heteroatoms. The predicted molar refractivity (Wildman–Crippen MR) is 70.1 cm³/mol. The Labute approximate surface area is 110 Å². The van der Waals surface area contributed by atoms with E-state index >= 15 is 0 Å². The fourth-order valence-electron chi connectivity index (χ4n) is 1.56. The summed E-state index contributed by atoms with van der Waals surface area (Å²) < 4.78 is 10.2. The van der Waals surface area contributed by atoms with Crippen molar-refractivity contribution in [1.82, 2.24) is 9.97 Å². The molecule has 2 heterocycles. The van der Waals surface area contributed by atoms with Crippen LogP contribution in [0.25, 0.3) is 0 Å². The van der Waals surface area contributed by atoms with Gasteiger partial charge in [-0.05, 0) is 6.07 Å². The zero-order valence-corrected chi connectivity index (χ0v) is 11.1. The molecule has 2 aromatic heterocycles. The molecule has 0 bridgehead atoms. The van der Waals surface area contributed by atoms with E-state index in [2.05, 4.69) is 9.97 Å². The molecular weight excluding hydrogens is 250 g/mol. The lowest BCUT2D eigenvalue weighted by molar-refractivity contribution is 0.395. The van der Waals surface area contributed by atoms with Crippen LogP contribution in [0.1, 0.15) is 16.6 Å². The van der Waals surface area contributed by atoms with Gasteiger partial charge in [0.05, 0.1) is 14.2 Å². The van der Waals surface area contributed by atoms with Gasteiger partial charge in [-0.2, -0.15) is 0 Å². The highest BCUT2D eigenvalue weighted by Gasteiger charge is 2.12. The van der Waals surface area contributed by atoms with Crippen LogP contribution < -0.4 is 15.2 Å². The molecule has 5 nitrogen and oxygen atoms in total. The van der Waals surface area contributed by atoms with E-state index in [0.29, 0.717) is 12.3 Å². The average Bonchev–Trinajstić information content (AvgIpc) is 2.88. The molecule has 0 saturated heterocycles. The minimum absolute atomic E-state index is 0.0986. The molecule has 0 spiro atoms. The van der Waals surface area contributed by atoms with E-state index in [1.54, 1.807) is 31.6 Å². The molecule has 1 atom stereocenters. The number of nitrogens with two attached hydrogens (primary N) is 1. The van der Waals surface area contributed by atoms with Crippen LogP contribution in [0.15, 0.2) is 23.8 Å². The SMILES string of the molecule is COc1csc(C(N)Cc2cc(OC)ncn2)c1. The van der Waals surface area contributed by atoms with E-state index in [1.165, 1.54) is 6.33 Å². The number of nitrogens with zero attached hydrogens (tertiary/aromatic N) is 2. The zero-order chi connectivity index (χ0) is 13.0. The monoisotopic (exact) mass is 265 g/mol. The maximum atomic E-state index is 6.14. The summed E-state index contributed by atoms with van der Waals surface area (Å²) in [5, 5.41) is 1.94. The topological polar surface area (TPSA) is 70.3 Å². The number of methoxy groups -OCH3 is 2. The third-order valence-corrected chi connectivity index (χ3v) is 3.58. The van der Waals surface area contributed by atoms with Crippen molar-refractivity contribution in [2.45, 2.75) is 12.5 Å². The molecule has 18 heavy (non-hydrogen) atoms. The number of thiophene rings is 1. The minimum atomic E-state index is -0.0986. The van der Waals surface area contributed by atoms with Crippen molar-refractivity contribution < 1.29 is 9.47 Å². The highest BCUT2D eigenvalue weighted by Crippen LogP contribution is 2.27. The van der Waals surface area contributed by atoms with Gasteiger partial charge in [-0.15, -0.1) is 11.3 Å². The molecular formula is C12H15N3O2S. The minimum Gasteiger partial charge on any atom is -0.496 e. The van der Waals surface area contributed by atoms with E-state index in [1.807, 2.05) is 11.4 Å². The summed E-state index contributed by atoms with van der Waals surface area (Å²) in [4.78, 5) is 9.22. The van der Waals surface area contributed by atoms with Crippen LogP contribution in [0.4, 0.5) is 0 Å². The van der Waals surface area contributed by atoms with Crippen LogP contribution in [0.5, 0.6) is 11.6 Å². The molecule has 0 amide bonds. The van der Waals surface area contributed by atoms with Gasteiger partial charge in [0, 0.05) is 34.5 Å². The van der Waals surface area contributed by atoms with Crippen LogP contribution in [0.3, 0.4) is 0 Å². The molecule has 0 saturated carbocycles. The summed E-state index contributed by atoms with van der Waals surface area (Å²) >= 11 is 1.59. The number of ether oxygens (including phenoxy) is 2. The van der Waals surface area contributed by atoms with Crippen LogP contribution >= 0.6 is 11.3 Å². The standard InChI is InChI=1S/C12H15N3O2S/c1-16-9-5-11(18-6-9)10(13)3-8-4-12(17-2)15-7-14-8/h4-7,10H,3,13H2,1-2H3. The summed E-state index contributed by atoms with van der Waals surface area (Å²) in [6, 6.07) is 3.65. The van der Waals surface area contributed by atoms with Gasteiger partial charge < -0.3 is 15.2 Å². The predicted octanol–water partition coefficient (Wildman–Crippen LogP) is 1.80. The van der Waals surface area contributed by atoms with Crippen LogP contribution in [-0.4, -0.2) is 24.2 Å². The Morgan fingerprint density at radius 1 is 1.28 bits per heavy atom. The third kappa shape index (κ3) is 2.96. The van der Waals surface area contributed by atoms with E-state index in [4.69, 9.17) is 15.2 Å². The van der Waals surface area contributed by atoms with Gasteiger partial charge in [-0.25, -0.2) is 9.97 Å². The molecule has 0 aliphatic rings. The quantitative estimate of drug-likeness (QED) is 0.892. The highest BCUT2D eigenvalue weighted by atomic mass is 32.1. The van der Waals surface area contributed by atoms with Gasteiger partial charge in [0.1, 0.15) is 12.1 Å². The van der Waals surface area contributed by atoms with Gasteiger partial charge >= 0.3 is 0 Å². The van der Waals surface area contributed by atoms with Crippen LogP contribution in [-0.2, 0) is 6.42 Å². The second-order valence-electron chi connectivity index (χ2n) is 3.75. The van der Waals surface area contributed by atoms with Crippen LogP contribution in [0.2, 0.25) is 0 Å². The first-order valence-corrected chi connectivity index (χ1v) is 6.34. The average molecular weight is 265 g/mol. The first-order chi connectivity index (χ1) is 8.72. The summed E-state index contributed by atoms with van der Waals surface area (Å²) in [5.74, 6) is 1.39. The first kappa shape index (κ1) is 12.8. The van der Waals surface area contributed by atoms with Gasteiger partial charge in [0.25, 0.3) is 0 Å². The maximum absolute atomic E-state index is 6.14. The van der Waals surface area contributed by atoms with Crippen molar-refractivity contribution in [1.29, 1.82) is 0 Å². The smallest absolute Gasteiger partial charge is 0.216 e. The molecule has 0 radical (unpaired) electrons. The number of aromatic nitrogens is 2. The van der Waals surface area contributed by atoms with Crippen molar-refractivity contribution in [2.24, 2.45) is 5.73 Å². The Morgan fingerprint density at radius 2 is 2.11 bits per heavy atom. The van der Waals surface area contributed by atoms with Crippen molar-refractivity contribution in [3.05, 3.63) is 34.4 Å². The number of hydrogen-bond donors (Lipinski definition) is 1. The summed E-state index contributed by atoms with van der Waals surface area (Å²) in [6.07, 6.45) is 2.12. The third-order valence-electron chi connectivity index (χ3n) is 2.53. The number of hydrogen-bond acceptors (Lipinski definition) is 6. The molecule has 1 unspecified atom stereocenters. The second kappa shape index (κ2) is 5.79. The number of rotatable bonds is 5. The first-order valence-electron chi connectivity index (χ1n) is 5.46. The normalized spacial score (nSPS) is 12.2. The van der Waals surface area contributed by atoms with Gasteiger partial charge in [0.15, 0.2) is 0 Å². The van der Waals surface area contributed by atoms with E-state index in [9.17, 15) is 0 Å². The lowest BCUT2D eigenvalue weighted by Gasteiger charge is -2.09. The summed E-state index contributed by atoms with van der Waals surface area (Å²) in [6.45, 7) is 0. The fourth-order valence-corrected chi connectivity index (χ4v) is 2.42. The van der Waals surface area contributed by atoms with E-state index in [0.717, 1.165) is 16.3 Å². The zero-order valence-electron chi connectivity index (χ0n) is 10.3. The Bertz CT molecular complexity index is 516. The molecule has 2 rings (SSSR count). The van der Waals surface area contributed by atoms with Crippen LogP contribution in [0, 0.1) is 0 Å². The Kier molecular flexibility index (Phi) is 4.11.